The molecule has 2 aromatic carbocycles. The number of benzene rings is 2. The van der Waals surface area contributed by atoms with Gasteiger partial charge in [-0.15, -0.1) is 0 Å². The van der Waals surface area contributed by atoms with E-state index in [4.69, 9.17) is 23.4 Å². The quantitative estimate of drug-likeness (QED) is 0.127. The number of aryl methyl sites for hydroxylation is 1. The van der Waals surface area contributed by atoms with Gasteiger partial charge >= 0.3 is 5.97 Å². The van der Waals surface area contributed by atoms with Gasteiger partial charge in [-0.1, -0.05) is 65.5 Å². The largest absolute Gasteiger partial charge is 0.494 e. The van der Waals surface area contributed by atoms with E-state index >= 15 is 0 Å². The van der Waals surface area contributed by atoms with Crippen LogP contribution in [0.5, 0.6) is 23.0 Å². The van der Waals surface area contributed by atoms with Crippen LogP contribution in [0.2, 0.25) is 0 Å². The number of hydrogen-bond donors (Lipinski definition) is 0. The van der Waals surface area contributed by atoms with Crippen molar-refractivity contribution < 1.29 is 28.2 Å². The molecule has 0 spiro atoms. The van der Waals surface area contributed by atoms with E-state index in [1.807, 2.05) is 6.92 Å². The molecule has 0 saturated heterocycles. The fourth-order valence-electron chi connectivity index (χ4n) is 11.3. The first-order valence-corrected chi connectivity index (χ1v) is 21.4. The van der Waals surface area contributed by atoms with Gasteiger partial charge in [0, 0.05) is 12.5 Å². The lowest BCUT2D eigenvalue weighted by atomic mass is 9.44. The molecule has 0 bridgehead atoms. The predicted octanol–water partition coefficient (Wildman–Crippen LogP) is 12.0. The van der Waals surface area contributed by atoms with Crippen molar-refractivity contribution in [2.24, 2.45) is 46.3 Å². The average molecular weight is 753 g/mol. The van der Waals surface area contributed by atoms with Gasteiger partial charge in [-0.2, -0.15) is 0 Å². The van der Waals surface area contributed by atoms with Crippen molar-refractivity contribution in [3.05, 3.63) is 70.1 Å². The number of hydrogen-bond acceptors (Lipinski definition) is 7. The fraction of sp³-hybridized carbons (Fsp3) is 0.625. The minimum atomic E-state index is -0.372. The number of ether oxygens (including phenoxy) is 4. The summed E-state index contributed by atoms with van der Waals surface area (Å²) in [5, 5.41) is 0.368. The summed E-state index contributed by atoms with van der Waals surface area (Å²) in [6.45, 7) is 16.4. The summed E-state index contributed by atoms with van der Waals surface area (Å²) in [4.78, 5) is 26.4. The molecule has 3 aromatic rings. The number of carbonyl (C=O) groups excluding carboxylic acids is 1. The molecule has 7 nitrogen and oxygen atoms in total. The Morgan fingerprint density at radius 3 is 2.44 bits per heavy atom. The van der Waals surface area contributed by atoms with Crippen molar-refractivity contribution >= 4 is 16.9 Å². The molecule has 1 aromatic heterocycles. The van der Waals surface area contributed by atoms with Crippen LogP contribution in [0.4, 0.5) is 0 Å². The molecule has 8 atom stereocenters. The molecule has 0 aliphatic heterocycles. The first-order chi connectivity index (χ1) is 26.4. The van der Waals surface area contributed by atoms with Gasteiger partial charge in [-0.25, -0.2) is 4.79 Å². The van der Waals surface area contributed by atoms with E-state index < -0.39 is 0 Å². The first kappa shape index (κ1) is 39.5. The van der Waals surface area contributed by atoms with Gasteiger partial charge in [-0.05, 0) is 148 Å². The summed E-state index contributed by atoms with van der Waals surface area (Å²) in [6, 6.07) is 12.1. The van der Waals surface area contributed by atoms with Crippen molar-refractivity contribution in [1.29, 1.82) is 0 Å². The minimum Gasteiger partial charge on any atom is -0.494 e. The average Bonchev–Trinajstić information content (AvgIpc) is 3.15. The molecule has 0 unspecified atom stereocenters. The van der Waals surface area contributed by atoms with E-state index in [2.05, 4.69) is 40.7 Å². The molecule has 1 heterocycles. The minimum absolute atomic E-state index is 0.125. The Morgan fingerprint density at radius 2 is 1.67 bits per heavy atom. The van der Waals surface area contributed by atoms with Crippen LogP contribution in [-0.4, -0.2) is 25.3 Å². The Hall–Kier alpha value is -3.74. The molecule has 298 valence electrons. The zero-order valence-corrected chi connectivity index (χ0v) is 34.4. The van der Waals surface area contributed by atoms with Gasteiger partial charge in [0.25, 0.3) is 0 Å². The third-order valence-electron chi connectivity index (χ3n) is 14.4. The molecule has 0 amide bonds. The smallest absolute Gasteiger partial charge is 0.344 e. The zero-order chi connectivity index (χ0) is 38.9. The van der Waals surface area contributed by atoms with E-state index in [0.29, 0.717) is 40.3 Å². The lowest BCUT2D eigenvalue weighted by Gasteiger charge is -2.61. The van der Waals surface area contributed by atoms with Gasteiger partial charge in [-0.3, -0.25) is 4.79 Å². The van der Waals surface area contributed by atoms with Crippen LogP contribution >= 0.6 is 0 Å². The second-order valence-corrected chi connectivity index (χ2v) is 18.4. The summed E-state index contributed by atoms with van der Waals surface area (Å²) < 4.78 is 29.3. The second kappa shape index (κ2) is 16.4. The number of fused-ring (bicyclic) bond motifs is 6. The Morgan fingerprint density at radius 1 is 0.909 bits per heavy atom. The molecular formula is C48H64O7. The highest BCUT2D eigenvalue weighted by Crippen LogP contribution is 2.65. The zero-order valence-electron chi connectivity index (χ0n) is 34.4. The summed E-state index contributed by atoms with van der Waals surface area (Å²) in [7, 11) is 0. The highest BCUT2D eigenvalue weighted by molar-refractivity contribution is 5.80. The maximum Gasteiger partial charge on any atom is 0.344 e. The summed E-state index contributed by atoms with van der Waals surface area (Å²) in [5.74, 6) is 6.67. The molecule has 3 fully saturated rings. The Labute approximate surface area is 328 Å². The third kappa shape index (κ3) is 8.37. The summed E-state index contributed by atoms with van der Waals surface area (Å²) in [6.07, 6.45) is 17.5. The molecule has 4 aliphatic rings. The normalized spacial score (nSPS) is 29.4. The van der Waals surface area contributed by atoms with E-state index in [1.54, 1.807) is 49.4 Å². The molecule has 7 heteroatoms. The molecular weight excluding hydrogens is 689 g/mol. The molecule has 3 saturated carbocycles. The maximum atomic E-state index is 13.3. The maximum absolute atomic E-state index is 13.3. The fourth-order valence-corrected chi connectivity index (χ4v) is 11.3. The molecule has 4 aliphatic carbocycles. The van der Waals surface area contributed by atoms with Gasteiger partial charge < -0.3 is 23.4 Å². The molecule has 0 N–H and O–H groups in total. The van der Waals surface area contributed by atoms with E-state index in [-0.39, 0.29) is 35.3 Å². The van der Waals surface area contributed by atoms with Crippen molar-refractivity contribution in [3.63, 3.8) is 0 Å². The topological polar surface area (TPSA) is 84.2 Å². The van der Waals surface area contributed by atoms with Crippen molar-refractivity contribution in [1.82, 2.24) is 0 Å². The number of allylic oxidation sites excluding steroid dienone is 1. The first-order valence-electron chi connectivity index (χ1n) is 21.4. The van der Waals surface area contributed by atoms with Crippen molar-refractivity contribution in [2.45, 2.75) is 132 Å². The monoisotopic (exact) mass is 752 g/mol. The Balaban J connectivity index is 0.925. The molecule has 7 rings (SSSR count). The van der Waals surface area contributed by atoms with Gasteiger partial charge in [0.15, 0.2) is 6.61 Å². The lowest BCUT2D eigenvalue weighted by Crippen LogP contribution is -2.52. The van der Waals surface area contributed by atoms with Crippen LogP contribution in [-0.2, 0) is 9.53 Å². The number of rotatable bonds is 13. The van der Waals surface area contributed by atoms with Crippen molar-refractivity contribution in [3.8, 4) is 23.0 Å². The van der Waals surface area contributed by atoms with Crippen LogP contribution in [0.1, 0.15) is 124 Å². The van der Waals surface area contributed by atoms with Gasteiger partial charge in [0.05, 0.1) is 12.0 Å². The van der Waals surface area contributed by atoms with Crippen molar-refractivity contribution in [2.75, 3.05) is 13.2 Å². The highest BCUT2D eigenvalue weighted by atomic mass is 16.6. The van der Waals surface area contributed by atoms with Crippen LogP contribution < -0.4 is 19.6 Å². The number of esters is 1. The van der Waals surface area contributed by atoms with Crippen LogP contribution in [0.3, 0.4) is 0 Å². The predicted molar refractivity (Wildman–Crippen MR) is 218 cm³/mol. The van der Waals surface area contributed by atoms with Gasteiger partial charge in [0.2, 0.25) is 11.2 Å². The SMILES string of the molecule is CCOc1ccc(Oc2c(C)oc3cc(OCC(=O)O[C@H]4CC[C@@]5(C)C(=CC[C@H]6[C@H]7CC[C@@H]([C@@H](C)CCCC(C)C)C[C@@]7(C)CC[C@@H]65)C4)ccc3c2=O)cc1. The molecule has 0 radical (unpaired) electrons. The molecule has 55 heavy (non-hydrogen) atoms. The van der Waals surface area contributed by atoms with Crippen LogP contribution in [0.25, 0.3) is 11.0 Å². The Bertz CT molecular complexity index is 1910. The van der Waals surface area contributed by atoms with E-state index in [9.17, 15) is 9.59 Å². The van der Waals surface area contributed by atoms with Crippen LogP contribution in [0.15, 0.2) is 63.3 Å². The highest BCUT2D eigenvalue weighted by Gasteiger charge is 2.56. The van der Waals surface area contributed by atoms with E-state index in [1.165, 1.54) is 63.4 Å². The standard InChI is InChI=1S/C48H64O7/c1-8-51-35-14-16-36(17-15-35)55-46-32(5)53-43-27-37(18-20-40(43)45(46)50)52-29-44(49)54-38-22-25-48(7)34(26-38)13-19-39-41-21-12-33(31(4)11-9-10-30(2)3)28-47(41,6)24-23-42(39)48/h13-18,20,27,30-31,33,38-39,41-42H,8-12,19,21-26,28-29H2,1-7H3/t31-,33+,38-,39-,41+,42-,47+,48-/m0/s1. The number of carbonyl (C=O) groups is 1. The van der Waals surface area contributed by atoms with E-state index in [0.717, 1.165) is 60.5 Å². The lowest BCUT2D eigenvalue weighted by molar-refractivity contribution is -0.154. The van der Waals surface area contributed by atoms with Gasteiger partial charge in [0.1, 0.15) is 34.7 Å². The third-order valence-corrected chi connectivity index (χ3v) is 14.4. The Kier molecular flexibility index (Phi) is 11.8. The van der Waals surface area contributed by atoms with Crippen LogP contribution in [0, 0.1) is 53.3 Å². The summed E-state index contributed by atoms with van der Waals surface area (Å²) >= 11 is 0. The summed E-state index contributed by atoms with van der Waals surface area (Å²) in [5.41, 5.74) is 2.29. The second-order valence-electron chi connectivity index (χ2n) is 18.4.